The second-order valence-corrected chi connectivity index (χ2v) is 6.18. The lowest BCUT2D eigenvalue weighted by Crippen LogP contribution is -2.15. The van der Waals surface area contributed by atoms with Crippen LogP contribution < -0.4 is 0 Å². The van der Waals surface area contributed by atoms with Gasteiger partial charge in [0.1, 0.15) is 6.61 Å². The standard InChI is InChI=1S/C21H40O11/c1-3-31-21(23)4-5-24-6-7-25-8-9-26-10-11-27-12-13-28-14-15-29-16-17-30-18-19-32-20(2)22/h3-19H2,1-2H3. The summed E-state index contributed by atoms with van der Waals surface area (Å²) in [6, 6.07) is 0. The third-order valence-corrected chi connectivity index (χ3v) is 3.52. The summed E-state index contributed by atoms with van der Waals surface area (Å²) in [4.78, 5) is 21.6. The summed E-state index contributed by atoms with van der Waals surface area (Å²) < 4.78 is 46.9. The maximum absolute atomic E-state index is 11.1. The minimum atomic E-state index is -0.313. The first-order chi connectivity index (χ1) is 15.7. The number of carbonyl (C=O) groups excluding carboxylic acids is 2. The highest BCUT2D eigenvalue weighted by atomic mass is 16.6. The summed E-state index contributed by atoms with van der Waals surface area (Å²) in [7, 11) is 0. The molecule has 0 saturated carbocycles. The fourth-order valence-electron chi connectivity index (χ4n) is 2.05. The SMILES string of the molecule is CCOC(=O)CCOCCOCCOCCOCCOCCOCCOCCOC(C)=O. The molecule has 0 aliphatic rings. The molecule has 0 spiro atoms. The zero-order chi connectivity index (χ0) is 23.5. The number of carbonyl (C=O) groups is 2. The van der Waals surface area contributed by atoms with Crippen molar-refractivity contribution in [2.24, 2.45) is 0 Å². The van der Waals surface area contributed by atoms with Gasteiger partial charge < -0.3 is 42.6 Å². The molecule has 11 heteroatoms. The molecule has 0 bridgehead atoms. The Kier molecular flexibility index (Phi) is 24.8. The monoisotopic (exact) mass is 468 g/mol. The third kappa shape index (κ3) is 26.7. The summed E-state index contributed by atoms with van der Waals surface area (Å²) in [6.45, 7) is 10.1. The molecule has 0 aromatic rings. The fraction of sp³-hybridized carbons (Fsp3) is 0.905. The van der Waals surface area contributed by atoms with Gasteiger partial charge in [0.05, 0.1) is 106 Å². The van der Waals surface area contributed by atoms with E-state index in [0.717, 1.165) is 0 Å². The molecule has 0 amide bonds. The van der Waals surface area contributed by atoms with E-state index in [-0.39, 0.29) is 25.0 Å². The van der Waals surface area contributed by atoms with Gasteiger partial charge in [-0.3, -0.25) is 9.59 Å². The number of ether oxygens (including phenoxy) is 9. The number of rotatable bonds is 25. The van der Waals surface area contributed by atoms with Crippen LogP contribution in [0.1, 0.15) is 20.3 Å². The molecule has 0 heterocycles. The summed E-state index contributed by atoms with van der Waals surface area (Å²) >= 11 is 0. The predicted octanol–water partition coefficient (Wildman–Crippen LogP) is 0.619. The molecule has 0 aromatic heterocycles. The molecular weight excluding hydrogens is 428 g/mol. The Morgan fingerprint density at radius 2 is 0.781 bits per heavy atom. The minimum absolute atomic E-state index is 0.252. The van der Waals surface area contributed by atoms with E-state index in [0.29, 0.717) is 99.1 Å². The largest absolute Gasteiger partial charge is 0.466 e. The van der Waals surface area contributed by atoms with Crippen molar-refractivity contribution in [2.45, 2.75) is 20.3 Å². The van der Waals surface area contributed by atoms with Crippen LogP contribution in [0.25, 0.3) is 0 Å². The first-order valence-electron chi connectivity index (χ1n) is 11.0. The van der Waals surface area contributed by atoms with Gasteiger partial charge in [-0.2, -0.15) is 0 Å². The topological polar surface area (TPSA) is 117 Å². The average Bonchev–Trinajstić information content (AvgIpc) is 2.76. The van der Waals surface area contributed by atoms with Gasteiger partial charge in [-0.1, -0.05) is 0 Å². The van der Waals surface area contributed by atoms with Crippen LogP contribution in [-0.4, -0.2) is 118 Å². The molecule has 0 aliphatic carbocycles. The fourth-order valence-corrected chi connectivity index (χ4v) is 2.05. The molecule has 11 nitrogen and oxygen atoms in total. The molecule has 0 unspecified atom stereocenters. The highest BCUT2D eigenvalue weighted by Gasteiger charge is 2.00. The van der Waals surface area contributed by atoms with Gasteiger partial charge in [0.15, 0.2) is 0 Å². The van der Waals surface area contributed by atoms with Crippen molar-refractivity contribution in [3.05, 3.63) is 0 Å². The first kappa shape index (κ1) is 30.7. The maximum atomic E-state index is 11.1. The van der Waals surface area contributed by atoms with Gasteiger partial charge in [0.25, 0.3) is 0 Å². The predicted molar refractivity (Wildman–Crippen MR) is 114 cm³/mol. The second-order valence-electron chi connectivity index (χ2n) is 6.18. The van der Waals surface area contributed by atoms with Crippen molar-refractivity contribution in [2.75, 3.05) is 106 Å². The highest BCUT2D eigenvalue weighted by molar-refractivity contribution is 5.69. The van der Waals surface area contributed by atoms with E-state index >= 15 is 0 Å². The summed E-state index contributed by atoms with van der Waals surface area (Å²) in [5, 5.41) is 0. The van der Waals surface area contributed by atoms with Crippen LogP contribution >= 0.6 is 0 Å². The normalized spacial score (nSPS) is 10.9. The van der Waals surface area contributed by atoms with Crippen molar-refractivity contribution >= 4 is 11.9 Å². The van der Waals surface area contributed by atoms with Gasteiger partial charge in [0.2, 0.25) is 0 Å². The van der Waals surface area contributed by atoms with Crippen molar-refractivity contribution < 1.29 is 52.2 Å². The van der Waals surface area contributed by atoms with E-state index in [1.807, 2.05) is 0 Å². The van der Waals surface area contributed by atoms with Crippen molar-refractivity contribution in [1.29, 1.82) is 0 Å². The van der Waals surface area contributed by atoms with Gasteiger partial charge in [-0.25, -0.2) is 0 Å². The lowest BCUT2D eigenvalue weighted by molar-refractivity contribution is -0.144. The lowest BCUT2D eigenvalue weighted by atomic mass is 10.5. The third-order valence-electron chi connectivity index (χ3n) is 3.52. The Balaban J connectivity index is 3.05. The molecule has 32 heavy (non-hydrogen) atoms. The van der Waals surface area contributed by atoms with Crippen LogP contribution in [0.2, 0.25) is 0 Å². The van der Waals surface area contributed by atoms with E-state index in [2.05, 4.69) is 0 Å². The molecule has 0 rings (SSSR count). The Hall–Kier alpha value is -1.34. The Morgan fingerprint density at radius 1 is 0.469 bits per heavy atom. The molecule has 0 N–H and O–H groups in total. The zero-order valence-corrected chi connectivity index (χ0v) is 19.5. The number of hydrogen-bond acceptors (Lipinski definition) is 11. The lowest BCUT2D eigenvalue weighted by Gasteiger charge is -2.08. The number of hydrogen-bond donors (Lipinski definition) is 0. The molecule has 0 aromatic carbocycles. The molecule has 0 atom stereocenters. The van der Waals surface area contributed by atoms with Crippen LogP contribution in [-0.2, 0) is 52.2 Å². The van der Waals surface area contributed by atoms with E-state index in [9.17, 15) is 9.59 Å². The van der Waals surface area contributed by atoms with Crippen LogP contribution in [0.15, 0.2) is 0 Å². The number of esters is 2. The van der Waals surface area contributed by atoms with E-state index < -0.39 is 0 Å². The summed E-state index contributed by atoms with van der Waals surface area (Å²) in [5.74, 6) is -0.565. The minimum Gasteiger partial charge on any atom is -0.466 e. The van der Waals surface area contributed by atoms with E-state index in [1.165, 1.54) is 6.92 Å². The molecule has 0 saturated heterocycles. The smallest absolute Gasteiger partial charge is 0.308 e. The molecular formula is C21H40O11. The van der Waals surface area contributed by atoms with E-state index in [1.54, 1.807) is 6.92 Å². The Morgan fingerprint density at radius 3 is 1.09 bits per heavy atom. The van der Waals surface area contributed by atoms with Gasteiger partial charge >= 0.3 is 11.9 Å². The van der Waals surface area contributed by atoms with Crippen molar-refractivity contribution in [3.63, 3.8) is 0 Å². The molecule has 0 radical (unpaired) electrons. The maximum Gasteiger partial charge on any atom is 0.308 e. The Labute approximate surface area is 190 Å². The summed E-state index contributed by atoms with van der Waals surface area (Å²) in [6.07, 6.45) is 0.256. The zero-order valence-electron chi connectivity index (χ0n) is 19.5. The van der Waals surface area contributed by atoms with Gasteiger partial charge in [-0.05, 0) is 6.92 Å². The van der Waals surface area contributed by atoms with Crippen LogP contribution in [0, 0.1) is 0 Å². The van der Waals surface area contributed by atoms with Crippen molar-refractivity contribution in [3.8, 4) is 0 Å². The molecule has 0 aliphatic heterocycles. The van der Waals surface area contributed by atoms with Crippen LogP contribution in [0.4, 0.5) is 0 Å². The quantitative estimate of drug-likeness (QED) is 0.139. The van der Waals surface area contributed by atoms with E-state index in [4.69, 9.17) is 42.6 Å². The molecule has 190 valence electrons. The Bertz CT molecular complexity index is 421. The second kappa shape index (κ2) is 25.9. The summed E-state index contributed by atoms with van der Waals surface area (Å²) in [5.41, 5.74) is 0. The van der Waals surface area contributed by atoms with Crippen molar-refractivity contribution in [1.82, 2.24) is 0 Å². The first-order valence-corrected chi connectivity index (χ1v) is 11.0. The van der Waals surface area contributed by atoms with Gasteiger partial charge in [0, 0.05) is 6.92 Å². The van der Waals surface area contributed by atoms with Crippen LogP contribution in [0.5, 0.6) is 0 Å². The highest BCUT2D eigenvalue weighted by Crippen LogP contribution is 1.89. The van der Waals surface area contributed by atoms with Gasteiger partial charge in [-0.15, -0.1) is 0 Å². The molecule has 0 fully saturated rings. The van der Waals surface area contributed by atoms with Crippen LogP contribution in [0.3, 0.4) is 0 Å². The average molecular weight is 469 g/mol.